The van der Waals surface area contributed by atoms with Crippen LogP contribution < -0.4 is 15.8 Å². The molecule has 2 aliphatic heterocycles. The molecule has 0 spiro atoms. The molecule has 1 saturated heterocycles. The number of ether oxygens (including phenoxy) is 1. The molecule has 1 unspecified atom stereocenters. The highest BCUT2D eigenvalue weighted by atomic mass is 32.2. The Hall–Kier alpha value is -2.87. The number of hydrogen-bond donors (Lipinski definition) is 3. The van der Waals surface area contributed by atoms with Gasteiger partial charge in [0.25, 0.3) is 0 Å². The molecule has 0 saturated carbocycles. The van der Waals surface area contributed by atoms with Gasteiger partial charge in [-0.05, 0) is 77.0 Å². The van der Waals surface area contributed by atoms with Crippen molar-refractivity contribution >= 4 is 22.5 Å². The number of benzene rings is 1. The Labute approximate surface area is 225 Å². The van der Waals surface area contributed by atoms with Gasteiger partial charge in [-0.1, -0.05) is 11.8 Å². The molecule has 1 fully saturated rings. The van der Waals surface area contributed by atoms with Crippen LogP contribution >= 0.6 is 11.8 Å². The van der Waals surface area contributed by atoms with E-state index in [0.29, 0.717) is 17.5 Å². The molecular formula is C28H33F3N4O2S. The third kappa shape index (κ3) is 7.37. The molecule has 10 heteroatoms. The Morgan fingerprint density at radius 1 is 1.24 bits per heavy atom. The normalized spacial score (nSPS) is 19.2. The summed E-state index contributed by atoms with van der Waals surface area (Å²) in [5, 5.41) is 13.4. The van der Waals surface area contributed by atoms with Crippen LogP contribution in [0.4, 0.5) is 19.0 Å². The van der Waals surface area contributed by atoms with Crippen LogP contribution in [0.5, 0.6) is 5.75 Å². The summed E-state index contributed by atoms with van der Waals surface area (Å²) in [7, 11) is 2.15. The van der Waals surface area contributed by atoms with E-state index in [0.717, 1.165) is 35.4 Å². The summed E-state index contributed by atoms with van der Waals surface area (Å²) >= 11 is 1.73. The lowest BCUT2D eigenvalue weighted by molar-refractivity contribution is -0.138. The van der Waals surface area contributed by atoms with E-state index in [1.54, 1.807) is 24.0 Å². The van der Waals surface area contributed by atoms with E-state index in [-0.39, 0.29) is 23.7 Å². The molecule has 1 aromatic heterocycles. The molecule has 4 N–H and O–H groups in total. The summed E-state index contributed by atoms with van der Waals surface area (Å²) in [6.45, 7) is 4.85. The van der Waals surface area contributed by atoms with Gasteiger partial charge in [-0.2, -0.15) is 13.2 Å². The molecular weight excluding hydrogens is 513 g/mol. The van der Waals surface area contributed by atoms with Crippen LogP contribution in [0.3, 0.4) is 0 Å². The first-order chi connectivity index (χ1) is 17.9. The lowest BCUT2D eigenvalue weighted by Crippen LogP contribution is -2.43. The largest absolute Gasteiger partial charge is 0.485 e. The van der Waals surface area contributed by atoms with E-state index in [1.807, 2.05) is 6.20 Å². The van der Waals surface area contributed by atoms with E-state index >= 15 is 0 Å². The third-order valence-electron chi connectivity index (χ3n) is 6.65. The predicted octanol–water partition coefficient (Wildman–Crippen LogP) is 4.73. The van der Waals surface area contributed by atoms with Gasteiger partial charge in [-0.3, -0.25) is 0 Å². The highest BCUT2D eigenvalue weighted by Crippen LogP contribution is 2.37. The van der Waals surface area contributed by atoms with Gasteiger partial charge in [0.15, 0.2) is 11.6 Å². The maximum Gasteiger partial charge on any atom is 0.416 e. The van der Waals surface area contributed by atoms with Crippen LogP contribution in [-0.2, 0) is 12.8 Å². The van der Waals surface area contributed by atoms with Crippen LogP contribution in [0.15, 0.2) is 36.7 Å². The number of rotatable bonds is 5. The van der Waals surface area contributed by atoms with Crippen molar-refractivity contribution in [2.24, 2.45) is 5.92 Å². The number of piperidine rings is 1. The molecule has 204 valence electrons. The number of aliphatic hydroxyl groups is 1. The highest BCUT2D eigenvalue weighted by molar-refractivity contribution is 8.08. The number of hydrogen-bond acceptors (Lipinski definition) is 7. The van der Waals surface area contributed by atoms with E-state index in [9.17, 15) is 18.3 Å². The van der Waals surface area contributed by atoms with E-state index in [1.165, 1.54) is 38.8 Å². The van der Waals surface area contributed by atoms with Crippen molar-refractivity contribution in [2.45, 2.75) is 51.1 Å². The van der Waals surface area contributed by atoms with Crippen LogP contribution in [0.25, 0.3) is 4.91 Å². The first-order valence-electron chi connectivity index (χ1n) is 12.5. The number of nitrogens with one attached hydrogen (secondary N) is 1. The average Bonchev–Trinajstić information content (AvgIpc) is 2.86. The number of alkyl halides is 3. The molecule has 1 atom stereocenters. The van der Waals surface area contributed by atoms with Crippen molar-refractivity contribution < 1.29 is 23.0 Å². The number of anilines is 1. The number of likely N-dealkylation sites (tertiary alicyclic amines) is 1. The Balaban J connectivity index is 1.49. The fraction of sp³-hybridized carbons (Fsp3) is 0.464. The van der Waals surface area contributed by atoms with E-state index in [4.69, 9.17) is 10.5 Å². The van der Waals surface area contributed by atoms with E-state index < -0.39 is 17.3 Å². The molecule has 6 nitrogen and oxygen atoms in total. The number of pyridine rings is 1. The maximum absolute atomic E-state index is 13.7. The fourth-order valence-electron chi connectivity index (χ4n) is 4.48. The summed E-state index contributed by atoms with van der Waals surface area (Å²) in [5.74, 6) is 7.19. The lowest BCUT2D eigenvalue weighted by atomic mass is 9.90. The highest BCUT2D eigenvalue weighted by Gasteiger charge is 2.33. The summed E-state index contributed by atoms with van der Waals surface area (Å²) in [6.07, 6.45) is 1.41. The van der Waals surface area contributed by atoms with Crippen molar-refractivity contribution in [3.63, 3.8) is 0 Å². The van der Waals surface area contributed by atoms with Crippen molar-refractivity contribution in [3.05, 3.63) is 58.9 Å². The lowest BCUT2D eigenvalue weighted by Gasteiger charge is -2.36. The summed E-state index contributed by atoms with van der Waals surface area (Å²) < 4.78 is 46.8. The molecule has 2 aliphatic rings. The Morgan fingerprint density at radius 2 is 1.97 bits per heavy atom. The third-order valence-corrected chi connectivity index (χ3v) is 7.84. The van der Waals surface area contributed by atoms with Gasteiger partial charge in [-0.15, -0.1) is 11.8 Å². The van der Waals surface area contributed by atoms with Gasteiger partial charge >= 0.3 is 6.18 Å². The van der Waals surface area contributed by atoms with Crippen LogP contribution in [0.2, 0.25) is 0 Å². The number of thioether (sulfide) groups is 1. The zero-order valence-electron chi connectivity index (χ0n) is 21.7. The fourth-order valence-corrected chi connectivity index (χ4v) is 5.63. The average molecular weight is 547 g/mol. The molecule has 1 aromatic carbocycles. The summed E-state index contributed by atoms with van der Waals surface area (Å²) in [6, 6.07) is 5.69. The summed E-state index contributed by atoms with van der Waals surface area (Å²) in [4.78, 5) is 7.55. The number of aromatic nitrogens is 1. The van der Waals surface area contributed by atoms with Gasteiger partial charge in [0, 0.05) is 45.8 Å². The standard InChI is InChI=1S/C28H33F3N4O2S/c1-27(2,36)9-6-18-4-5-22(28(29,30)31)21(12-18)16-37-24-13-20(14-34-26(24)32)25-15-33-23(17-38-25)19-7-10-35(3)11-8-19/h4-5,12-15,19,23,33,36H,7-8,10-11,16-17H2,1-3H3,(H2,32,34). The van der Waals surface area contributed by atoms with Crippen molar-refractivity contribution in [2.75, 3.05) is 31.6 Å². The van der Waals surface area contributed by atoms with Crippen molar-refractivity contribution in [1.29, 1.82) is 0 Å². The monoisotopic (exact) mass is 546 g/mol. The molecule has 0 bridgehead atoms. The molecule has 0 aliphatic carbocycles. The van der Waals surface area contributed by atoms with Crippen molar-refractivity contribution in [1.82, 2.24) is 15.2 Å². The Kier molecular flexibility index (Phi) is 8.50. The van der Waals surface area contributed by atoms with Gasteiger partial charge in [0.05, 0.1) is 5.56 Å². The smallest absolute Gasteiger partial charge is 0.416 e. The minimum atomic E-state index is -4.56. The molecule has 4 rings (SSSR count). The van der Waals surface area contributed by atoms with Crippen molar-refractivity contribution in [3.8, 4) is 17.6 Å². The summed E-state index contributed by atoms with van der Waals surface area (Å²) in [5.41, 5.74) is 4.97. The van der Waals surface area contributed by atoms with Crippen LogP contribution in [0.1, 0.15) is 48.9 Å². The van der Waals surface area contributed by atoms with E-state index in [2.05, 4.69) is 34.1 Å². The Morgan fingerprint density at radius 3 is 2.61 bits per heavy atom. The van der Waals surface area contributed by atoms with Gasteiger partial charge in [0.2, 0.25) is 0 Å². The SMILES string of the molecule is CN1CCC(C2CSC(c3cnc(N)c(OCc4cc(C#CC(C)(C)O)ccc4C(F)(F)F)c3)=CN2)CC1. The minimum Gasteiger partial charge on any atom is -0.485 e. The molecule has 0 amide bonds. The minimum absolute atomic E-state index is 0.0845. The molecule has 3 heterocycles. The predicted molar refractivity (Wildman–Crippen MR) is 145 cm³/mol. The number of nitrogens with zero attached hydrogens (tertiary/aromatic N) is 2. The molecule has 2 aromatic rings. The second-order valence-corrected chi connectivity index (χ2v) is 11.4. The number of nitrogens with two attached hydrogens (primary N) is 1. The quantitative estimate of drug-likeness (QED) is 0.468. The second kappa shape index (κ2) is 11.5. The first-order valence-corrected chi connectivity index (χ1v) is 13.5. The van der Waals surface area contributed by atoms with Crippen LogP contribution in [-0.4, -0.2) is 52.5 Å². The van der Waals surface area contributed by atoms with Gasteiger partial charge in [-0.25, -0.2) is 4.98 Å². The number of halogens is 3. The maximum atomic E-state index is 13.7. The second-order valence-electron chi connectivity index (χ2n) is 10.3. The molecule has 38 heavy (non-hydrogen) atoms. The molecule has 0 radical (unpaired) electrons. The van der Waals surface area contributed by atoms with Gasteiger partial charge < -0.3 is 25.8 Å². The first kappa shape index (κ1) is 28.1. The zero-order valence-corrected chi connectivity index (χ0v) is 22.5. The van der Waals surface area contributed by atoms with Crippen LogP contribution in [0, 0.1) is 17.8 Å². The topological polar surface area (TPSA) is 83.6 Å². The Bertz CT molecular complexity index is 1240. The number of nitrogen functional groups attached to an aromatic ring is 1. The van der Waals surface area contributed by atoms with Gasteiger partial charge in [0.1, 0.15) is 12.2 Å². The zero-order chi connectivity index (χ0) is 27.5.